The molecule has 0 aliphatic heterocycles. The third-order valence-electron chi connectivity index (χ3n) is 3.25. The summed E-state index contributed by atoms with van der Waals surface area (Å²) in [4.78, 5) is 0. The average molecular weight is 240 g/mol. The largest absolute Gasteiger partial charge is 0.395 e. The number of rotatable bonds is 4. The molecule has 1 aliphatic carbocycles. The number of hydrogen-bond donors (Lipinski definition) is 2. The maximum absolute atomic E-state index is 8.94. The van der Waals surface area contributed by atoms with Crippen molar-refractivity contribution in [3.05, 3.63) is 34.9 Å². The van der Waals surface area contributed by atoms with Gasteiger partial charge in [0.2, 0.25) is 0 Å². The van der Waals surface area contributed by atoms with E-state index < -0.39 is 0 Å². The Bertz CT molecular complexity index is 350. The molecule has 0 saturated heterocycles. The van der Waals surface area contributed by atoms with Crippen LogP contribution in [-0.4, -0.2) is 23.8 Å². The Labute approximate surface area is 102 Å². The molecule has 0 unspecified atom stereocenters. The standard InChI is InChI=1S/C13H18ClNO/c1-9(8-16)15-13-6-11(7-13)10-3-2-4-12(14)5-10/h2-5,9,11,13,15-16H,6-8H2,1H3/t9-,11?,13?/m1/s1. The van der Waals surface area contributed by atoms with Crippen LogP contribution in [0.5, 0.6) is 0 Å². The van der Waals surface area contributed by atoms with Gasteiger partial charge in [0.1, 0.15) is 0 Å². The first-order valence-corrected chi connectivity index (χ1v) is 6.19. The molecule has 1 aromatic rings. The van der Waals surface area contributed by atoms with Crippen molar-refractivity contribution in [1.82, 2.24) is 5.32 Å². The zero-order chi connectivity index (χ0) is 11.5. The number of aliphatic hydroxyl groups is 1. The lowest BCUT2D eigenvalue weighted by atomic mass is 9.75. The zero-order valence-electron chi connectivity index (χ0n) is 9.49. The van der Waals surface area contributed by atoms with Crippen molar-refractivity contribution in [2.45, 2.75) is 37.8 Å². The SMILES string of the molecule is C[C@H](CO)NC1CC(c2cccc(Cl)c2)C1. The van der Waals surface area contributed by atoms with E-state index in [1.807, 2.05) is 19.1 Å². The molecule has 0 heterocycles. The van der Waals surface area contributed by atoms with Gasteiger partial charge in [0, 0.05) is 17.1 Å². The molecule has 1 aliphatic rings. The highest BCUT2D eigenvalue weighted by Crippen LogP contribution is 2.37. The second-order valence-electron chi connectivity index (χ2n) is 4.67. The number of benzene rings is 1. The molecule has 3 heteroatoms. The van der Waals surface area contributed by atoms with Gasteiger partial charge in [0.15, 0.2) is 0 Å². The average Bonchev–Trinajstić information content (AvgIpc) is 2.22. The smallest absolute Gasteiger partial charge is 0.0582 e. The second-order valence-corrected chi connectivity index (χ2v) is 5.11. The summed E-state index contributed by atoms with van der Waals surface area (Å²) in [6.45, 7) is 2.21. The summed E-state index contributed by atoms with van der Waals surface area (Å²) in [5.74, 6) is 0.627. The predicted molar refractivity (Wildman–Crippen MR) is 66.9 cm³/mol. The van der Waals surface area contributed by atoms with Crippen LogP contribution in [0.25, 0.3) is 0 Å². The van der Waals surface area contributed by atoms with Crippen LogP contribution in [0, 0.1) is 0 Å². The van der Waals surface area contributed by atoms with E-state index in [0.717, 1.165) is 17.9 Å². The molecule has 2 rings (SSSR count). The molecule has 0 amide bonds. The molecule has 88 valence electrons. The van der Waals surface area contributed by atoms with Gasteiger partial charge in [-0.25, -0.2) is 0 Å². The summed E-state index contributed by atoms with van der Waals surface area (Å²) in [6.07, 6.45) is 2.29. The Hall–Kier alpha value is -0.570. The fourth-order valence-electron chi connectivity index (χ4n) is 2.24. The van der Waals surface area contributed by atoms with Crippen molar-refractivity contribution < 1.29 is 5.11 Å². The fraction of sp³-hybridized carbons (Fsp3) is 0.538. The summed E-state index contributed by atoms with van der Waals surface area (Å²) in [7, 11) is 0. The number of aliphatic hydroxyl groups excluding tert-OH is 1. The monoisotopic (exact) mass is 239 g/mol. The maximum atomic E-state index is 8.94. The quantitative estimate of drug-likeness (QED) is 0.847. The minimum absolute atomic E-state index is 0.199. The van der Waals surface area contributed by atoms with Gasteiger partial charge in [0.05, 0.1) is 6.61 Å². The lowest BCUT2D eigenvalue weighted by molar-refractivity contribution is 0.204. The van der Waals surface area contributed by atoms with Crippen LogP contribution in [0.1, 0.15) is 31.2 Å². The van der Waals surface area contributed by atoms with Crippen LogP contribution < -0.4 is 5.32 Å². The van der Waals surface area contributed by atoms with E-state index in [1.165, 1.54) is 5.56 Å². The van der Waals surface area contributed by atoms with Gasteiger partial charge in [0.25, 0.3) is 0 Å². The van der Waals surface area contributed by atoms with Gasteiger partial charge in [-0.15, -0.1) is 0 Å². The van der Waals surface area contributed by atoms with Gasteiger partial charge in [-0.1, -0.05) is 23.7 Å². The highest BCUT2D eigenvalue weighted by molar-refractivity contribution is 6.30. The van der Waals surface area contributed by atoms with E-state index in [4.69, 9.17) is 16.7 Å². The fourth-order valence-corrected chi connectivity index (χ4v) is 2.44. The molecular weight excluding hydrogens is 222 g/mol. The molecule has 0 radical (unpaired) electrons. The number of halogens is 1. The highest BCUT2D eigenvalue weighted by atomic mass is 35.5. The first kappa shape index (κ1) is 11.9. The van der Waals surface area contributed by atoms with Gasteiger partial charge in [-0.05, 0) is 43.4 Å². The van der Waals surface area contributed by atoms with E-state index in [1.54, 1.807) is 0 Å². The Morgan fingerprint density at radius 2 is 2.25 bits per heavy atom. The lowest BCUT2D eigenvalue weighted by Gasteiger charge is -2.38. The first-order valence-electron chi connectivity index (χ1n) is 5.81. The molecule has 1 aromatic carbocycles. The Balaban J connectivity index is 1.84. The molecule has 0 aromatic heterocycles. The van der Waals surface area contributed by atoms with Crippen LogP contribution in [-0.2, 0) is 0 Å². The second kappa shape index (κ2) is 5.17. The lowest BCUT2D eigenvalue weighted by Crippen LogP contribution is -2.45. The maximum Gasteiger partial charge on any atom is 0.0582 e. The Morgan fingerprint density at radius 3 is 2.88 bits per heavy atom. The van der Waals surface area contributed by atoms with Crippen LogP contribution >= 0.6 is 11.6 Å². The molecular formula is C13H18ClNO. The molecule has 0 spiro atoms. The molecule has 16 heavy (non-hydrogen) atoms. The van der Waals surface area contributed by atoms with Crippen molar-refractivity contribution in [1.29, 1.82) is 0 Å². The van der Waals surface area contributed by atoms with Crippen LogP contribution in [0.4, 0.5) is 0 Å². The van der Waals surface area contributed by atoms with Crippen molar-refractivity contribution in [3.63, 3.8) is 0 Å². The van der Waals surface area contributed by atoms with E-state index in [9.17, 15) is 0 Å². The van der Waals surface area contributed by atoms with E-state index in [0.29, 0.717) is 12.0 Å². The summed E-state index contributed by atoms with van der Waals surface area (Å²) in [5.41, 5.74) is 1.34. The topological polar surface area (TPSA) is 32.3 Å². The first-order chi connectivity index (χ1) is 7.69. The summed E-state index contributed by atoms with van der Waals surface area (Å²) in [6, 6.07) is 8.86. The summed E-state index contributed by atoms with van der Waals surface area (Å²) >= 11 is 5.96. The van der Waals surface area contributed by atoms with Gasteiger partial charge < -0.3 is 10.4 Å². The minimum Gasteiger partial charge on any atom is -0.395 e. The van der Waals surface area contributed by atoms with Crippen molar-refractivity contribution in [2.75, 3.05) is 6.61 Å². The van der Waals surface area contributed by atoms with Crippen molar-refractivity contribution >= 4 is 11.6 Å². The predicted octanol–water partition coefficient (Wildman–Crippen LogP) is 2.56. The van der Waals surface area contributed by atoms with E-state index in [-0.39, 0.29) is 12.6 Å². The van der Waals surface area contributed by atoms with Crippen LogP contribution in [0.2, 0.25) is 5.02 Å². The van der Waals surface area contributed by atoms with Crippen molar-refractivity contribution in [3.8, 4) is 0 Å². The molecule has 0 bridgehead atoms. The third-order valence-corrected chi connectivity index (χ3v) is 3.49. The molecule has 1 saturated carbocycles. The van der Waals surface area contributed by atoms with E-state index >= 15 is 0 Å². The summed E-state index contributed by atoms with van der Waals surface area (Å²) < 4.78 is 0. The Morgan fingerprint density at radius 1 is 1.50 bits per heavy atom. The van der Waals surface area contributed by atoms with Gasteiger partial charge >= 0.3 is 0 Å². The zero-order valence-corrected chi connectivity index (χ0v) is 10.2. The highest BCUT2D eigenvalue weighted by Gasteiger charge is 2.30. The minimum atomic E-state index is 0.199. The number of hydrogen-bond acceptors (Lipinski definition) is 2. The van der Waals surface area contributed by atoms with Crippen molar-refractivity contribution in [2.24, 2.45) is 0 Å². The molecule has 1 atom stereocenters. The number of nitrogens with one attached hydrogen (secondary N) is 1. The Kier molecular flexibility index (Phi) is 3.85. The van der Waals surface area contributed by atoms with Crippen LogP contribution in [0.15, 0.2) is 24.3 Å². The van der Waals surface area contributed by atoms with Gasteiger partial charge in [-0.2, -0.15) is 0 Å². The van der Waals surface area contributed by atoms with Crippen LogP contribution in [0.3, 0.4) is 0 Å². The van der Waals surface area contributed by atoms with Gasteiger partial charge in [-0.3, -0.25) is 0 Å². The summed E-state index contributed by atoms with van der Waals surface area (Å²) in [5, 5.41) is 13.2. The van der Waals surface area contributed by atoms with E-state index in [2.05, 4.69) is 17.4 Å². The molecule has 2 N–H and O–H groups in total. The third kappa shape index (κ3) is 2.76. The molecule has 1 fully saturated rings. The molecule has 2 nitrogen and oxygen atoms in total. The normalized spacial score (nSPS) is 26.2.